The van der Waals surface area contributed by atoms with Crippen LogP contribution in [0.3, 0.4) is 0 Å². The summed E-state index contributed by atoms with van der Waals surface area (Å²) in [5.74, 6) is 0.861. The predicted molar refractivity (Wildman–Crippen MR) is 84.7 cm³/mol. The third kappa shape index (κ3) is 3.27. The fraction of sp³-hybridized carbons (Fsp3) is 0.368. The zero-order valence-corrected chi connectivity index (χ0v) is 12.5. The molecule has 21 heavy (non-hydrogen) atoms. The van der Waals surface area contributed by atoms with Gasteiger partial charge >= 0.3 is 0 Å². The molecule has 0 bridgehead atoms. The van der Waals surface area contributed by atoms with Crippen LogP contribution in [0, 0.1) is 0 Å². The molecule has 1 unspecified atom stereocenters. The van der Waals surface area contributed by atoms with Crippen molar-refractivity contribution in [1.82, 2.24) is 0 Å². The molecule has 0 saturated carbocycles. The van der Waals surface area contributed by atoms with Crippen LogP contribution in [-0.2, 0) is 19.3 Å². The van der Waals surface area contributed by atoms with E-state index in [9.17, 15) is 5.11 Å². The molecular weight excluding hydrogens is 260 g/mol. The summed E-state index contributed by atoms with van der Waals surface area (Å²) in [6, 6.07) is 14.4. The summed E-state index contributed by atoms with van der Waals surface area (Å²) in [6.45, 7) is 2.42. The van der Waals surface area contributed by atoms with Gasteiger partial charge in [-0.3, -0.25) is 0 Å². The van der Waals surface area contributed by atoms with Crippen molar-refractivity contribution in [3.05, 3.63) is 64.7 Å². The lowest BCUT2D eigenvalue weighted by atomic mass is 10.1. The fourth-order valence-corrected chi connectivity index (χ4v) is 2.88. The van der Waals surface area contributed by atoms with Gasteiger partial charge in [-0.1, -0.05) is 37.3 Å². The SMILES string of the molecule is CCc1ccc(C(O)COc2ccc3c(c2)CCC3)cc1. The van der Waals surface area contributed by atoms with Crippen molar-refractivity contribution in [3.8, 4) is 5.75 Å². The van der Waals surface area contributed by atoms with Gasteiger partial charge in [-0.05, 0) is 60.1 Å². The summed E-state index contributed by atoms with van der Waals surface area (Å²) in [5, 5.41) is 10.2. The van der Waals surface area contributed by atoms with Gasteiger partial charge in [-0.15, -0.1) is 0 Å². The molecule has 1 aliphatic rings. The van der Waals surface area contributed by atoms with Gasteiger partial charge in [0, 0.05) is 0 Å². The molecule has 2 nitrogen and oxygen atoms in total. The first-order valence-corrected chi connectivity index (χ1v) is 7.78. The number of aryl methyl sites for hydroxylation is 3. The minimum atomic E-state index is -0.579. The first-order chi connectivity index (χ1) is 10.3. The number of hydrogen-bond donors (Lipinski definition) is 1. The third-order valence-electron chi connectivity index (χ3n) is 4.25. The van der Waals surface area contributed by atoms with Crippen LogP contribution in [-0.4, -0.2) is 11.7 Å². The second-order valence-corrected chi connectivity index (χ2v) is 5.71. The zero-order chi connectivity index (χ0) is 14.7. The van der Waals surface area contributed by atoms with Crippen LogP contribution in [0.5, 0.6) is 5.75 Å². The Morgan fingerprint density at radius 1 is 1.05 bits per heavy atom. The molecule has 1 atom stereocenters. The Labute approximate surface area is 126 Å². The largest absolute Gasteiger partial charge is 0.491 e. The second-order valence-electron chi connectivity index (χ2n) is 5.71. The summed E-state index contributed by atoms with van der Waals surface area (Å²) in [7, 11) is 0. The van der Waals surface area contributed by atoms with Crippen molar-refractivity contribution in [2.45, 2.75) is 38.7 Å². The minimum absolute atomic E-state index is 0.296. The van der Waals surface area contributed by atoms with Crippen LogP contribution in [0.1, 0.15) is 41.7 Å². The highest BCUT2D eigenvalue weighted by Crippen LogP contribution is 2.26. The molecule has 0 radical (unpaired) electrons. The second kappa shape index (κ2) is 6.31. The van der Waals surface area contributed by atoms with Crippen LogP contribution in [0.4, 0.5) is 0 Å². The molecule has 0 amide bonds. The lowest BCUT2D eigenvalue weighted by Crippen LogP contribution is -2.09. The smallest absolute Gasteiger partial charge is 0.119 e. The summed E-state index contributed by atoms with van der Waals surface area (Å²) in [6.07, 6.45) is 4.01. The average molecular weight is 282 g/mol. The van der Waals surface area contributed by atoms with E-state index in [1.165, 1.54) is 29.5 Å². The van der Waals surface area contributed by atoms with Gasteiger partial charge in [0.25, 0.3) is 0 Å². The molecule has 3 rings (SSSR count). The Balaban J connectivity index is 1.61. The molecule has 1 N–H and O–H groups in total. The van der Waals surface area contributed by atoms with Crippen LogP contribution < -0.4 is 4.74 Å². The number of ether oxygens (including phenoxy) is 1. The monoisotopic (exact) mass is 282 g/mol. The normalized spacial score (nSPS) is 14.8. The maximum Gasteiger partial charge on any atom is 0.119 e. The summed E-state index contributed by atoms with van der Waals surface area (Å²) in [4.78, 5) is 0. The first kappa shape index (κ1) is 14.2. The maximum atomic E-state index is 10.2. The summed E-state index contributed by atoms with van der Waals surface area (Å²) in [5.41, 5.74) is 5.03. The Hall–Kier alpha value is -1.80. The lowest BCUT2D eigenvalue weighted by molar-refractivity contribution is 0.108. The van der Waals surface area contributed by atoms with Crippen molar-refractivity contribution in [3.63, 3.8) is 0 Å². The van der Waals surface area contributed by atoms with E-state index in [1.54, 1.807) is 0 Å². The highest BCUT2D eigenvalue weighted by Gasteiger charge is 2.12. The Morgan fingerprint density at radius 2 is 1.81 bits per heavy atom. The van der Waals surface area contributed by atoms with Crippen LogP contribution in [0.2, 0.25) is 0 Å². The van der Waals surface area contributed by atoms with Crippen molar-refractivity contribution in [1.29, 1.82) is 0 Å². The Kier molecular flexibility index (Phi) is 4.26. The molecule has 110 valence electrons. The van der Waals surface area contributed by atoms with Crippen molar-refractivity contribution >= 4 is 0 Å². The zero-order valence-electron chi connectivity index (χ0n) is 12.5. The van der Waals surface area contributed by atoms with Gasteiger partial charge in [0.05, 0.1) is 0 Å². The van der Waals surface area contributed by atoms with Gasteiger partial charge in [0.1, 0.15) is 18.5 Å². The number of benzene rings is 2. The molecule has 2 heteroatoms. The van der Waals surface area contributed by atoms with E-state index in [0.717, 1.165) is 24.2 Å². The maximum absolute atomic E-state index is 10.2. The first-order valence-electron chi connectivity index (χ1n) is 7.78. The molecule has 2 aromatic carbocycles. The van der Waals surface area contributed by atoms with Crippen LogP contribution in [0.25, 0.3) is 0 Å². The highest BCUT2D eigenvalue weighted by molar-refractivity contribution is 5.38. The van der Waals surface area contributed by atoms with Gasteiger partial charge < -0.3 is 9.84 Å². The fourth-order valence-electron chi connectivity index (χ4n) is 2.88. The van der Waals surface area contributed by atoms with Gasteiger partial charge in [-0.2, -0.15) is 0 Å². The van der Waals surface area contributed by atoms with E-state index in [0.29, 0.717) is 6.61 Å². The molecule has 0 heterocycles. The van der Waals surface area contributed by atoms with Crippen LogP contribution in [0.15, 0.2) is 42.5 Å². The van der Waals surface area contributed by atoms with E-state index in [-0.39, 0.29) is 0 Å². The number of aliphatic hydroxyl groups is 1. The Bertz CT molecular complexity index is 601. The van der Waals surface area contributed by atoms with Gasteiger partial charge in [0.15, 0.2) is 0 Å². The number of rotatable bonds is 5. The number of fused-ring (bicyclic) bond motifs is 1. The predicted octanol–water partition coefficient (Wildman–Crippen LogP) is 3.85. The quantitative estimate of drug-likeness (QED) is 0.902. The molecule has 0 saturated heterocycles. The molecule has 0 aromatic heterocycles. The van der Waals surface area contributed by atoms with Gasteiger partial charge in [-0.25, -0.2) is 0 Å². The van der Waals surface area contributed by atoms with E-state index in [1.807, 2.05) is 18.2 Å². The standard InChI is InChI=1S/C19H22O2/c1-2-14-6-8-16(9-7-14)19(20)13-21-18-11-10-15-4-3-5-17(15)12-18/h6-12,19-20H,2-5,13H2,1H3. The van der Waals surface area contributed by atoms with E-state index in [4.69, 9.17) is 4.74 Å². The van der Waals surface area contributed by atoms with Crippen LogP contribution >= 0.6 is 0 Å². The molecule has 0 aliphatic heterocycles. The molecule has 0 spiro atoms. The van der Waals surface area contributed by atoms with Crippen molar-refractivity contribution < 1.29 is 9.84 Å². The average Bonchev–Trinajstić information content (AvgIpc) is 3.00. The summed E-state index contributed by atoms with van der Waals surface area (Å²) < 4.78 is 5.75. The molecule has 2 aromatic rings. The molecule has 0 fully saturated rings. The third-order valence-corrected chi connectivity index (χ3v) is 4.25. The highest BCUT2D eigenvalue weighted by atomic mass is 16.5. The van der Waals surface area contributed by atoms with E-state index >= 15 is 0 Å². The molecular formula is C19H22O2. The Morgan fingerprint density at radius 3 is 2.57 bits per heavy atom. The lowest BCUT2D eigenvalue weighted by Gasteiger charge is -2.14. The number of hydrogen-bond acceptors (Lipinski definition) is 2. The van der Waals surface area contributed by atoms with E-state index < -0.39 is 6.10 Å². The summed E-state index contributed by atoms with van der Waals surface area (Å²) >= 11 is 0. The van der Waals surface area contributed by atoms with E-state index in [2.05, 4.69) is 31.2 Å². The number of aliphatic hydroxyl groups excluding tert-OH is 1. The molecule has 1 aliphatic carbocycles. The minimum Gasteiger partial charge on any atom is -0.491 e. The van der Waals surface area contributed by atoms with Crippen molar-refractivity contribution in [2.75, 3.05) is 6.61 Å². The van der Waals surface area contributed by atoms with Crippen molar-refractivity contribution in [2.24, 2.45) is 0 Å². The van der Waals surface area contributed by atoms with Gasteiger partial charge in [0.2, 0.25) is 0 Å². The topological polar surface area (TPSA) is 29.5 Å².